The smallest absolute Gasteiger partial charge is 0.273 e. The maximum absolute atomic E-state index is 10.9. The predicted octanol–water partition coefficient (Wildman–Crippen LogP) is 3.95. The number of benzene rings is 2. The number of nitrogens with two attached hydrogens (primary N) is 1. The van der Waals surface area contributed by atoms with E-state index in [0.29, 0.717) is 0 Å². The molecular weight excluding hydrogens is 450 g/mol. The largest absolute Gasteiger partial charge is 0.382 e. The number of aromatic nitrogens is 5. The highest BCUT2D eigenvalue weighted by Crippen LogP contribution is 2.34. The van der Waals surface area contributed by atoms with Gasteiger partial charge < -0.3 is 16.0 Å². The monoisotopic (exact) mass is 477 g/mol. The summed E-state index contributed by atoms with van der Waals surface area (Å²) < 4.78 is 1.77. The second kappa shape index (κ2) is 11.0. The third-order valence-electron chi connectivity index (χ3n) is 5.53. The molecule has 0 fully saturated rings. The van der Waals surface area contributed by atoms with Crippen molar-refractivity contribution in [3.8, 4) is 23.0 Å². The molecule has 0 aliphatic carbocycles. The number of carbonyl (C=O) groups is 1. The first-order chi connectivity index (χ1) is 17.5. The van der Waals surface area contributed by atoms with Gasteiger partial charge >= 0.3 is 0 Å². The van der Waals surface area contributed by atoms with Crippen molar-refractivity contribution in [3.05, 3.63) is 95.8 Å². The van der Waals surface area contributed by atoms with Crippen molar-refractivity contribution in [2.24, 2.45) is 7.05 Å². The Balaban J connectivity index is 0.000000233. The maximum Gasteiger partial charge on any atom is 0.273 e. The zero-order chi connectivity index (χ0) is 25.5. The van der Waals surface area contributed by atoms with Crippen LogP contribution in [0.15, 0.2) is 73.3 Å². The van der Waals surface area contributed by atoms with Crippen LogP contribution in [0.4, 0.5) is 5.82 Å². The average Bonchev–Trinajstić information content (AvgIpc) is 3.51. The van der Waals surface area contributed by atoms with Crippen molar-refractivity contribution in [1.29, 1.82) is 0 Å². The van der Waals surface area contributed by atoms with Gasteiger partial charge in [0.25, 0.3) is 5.91 Å². The lowest BCUT2D eigenvalue weighted by Crippen LogP contribution is -2.21. The van der Waals surface area contributed by atoms with Crippen LogP contribution >= 0.6 is 0 Å². The molecule has 1 amide bonds. The van der Waals surface area contributed by atoms with E-state index in [1.54, 1.807) is 10.9 Å². The molecule has 0 unspecified atom stereocenters. The van der Waals surface area contributed by atoms with Crippen LogP contribution < -0.4 is 11.1 Å². The summed E-state index contributed by atoms with van der Waals surface area (Å²) >= 11 is 0. The Kier molecular flexibility index (Phi) is 7.42. The van der Waals surface area contributed by atoms with Gasteiger partial charge in [0.2, 0.25) is 0 Å². The van der Waals surface area contributed by atoms with Gasteiger partial charge in [-0.15, -0.1) is 0 Å². The summed E-state index contributed by atoms with van der Waals surface area (Å²) in [5.41, 5.74) is 12.3. The van der Waals surface area contributed by atoms with E-state index in [4.69, 9.17) is 5.73 Å². The van der Waals surface area contributed by atoms with Crippen LogP contribution in [0.2, 0.25) is 0 Å². The Hall–Kier alpha value is -4.90. The average molecular weight is 478 g/mol. The number of carbonyl (C=O) groups excluding carboxylic acids is 1. The number of nitrogen functional groups attached to an aromatic ring is 1. The van der Waals surface area contributed by atoms with Crippen LogP contribution in [0.25, 0.3) is 22.0 Å². The Morgan fingerprint density at radius 2 is 1.86 bits per heavy atom. The number of hydrogen-bond acceptors (Lipinski definition) is 5. The minimum Gasteiger partial charge on any atom is -0.382 e. The number of rotatable bonds is 3. The number of aryl methyl sites for hydroxylation is 2. The number of nitrogens with one attached hydrogen (secondary N) is 2. The van der Waals surface area contributed by atoms with Crippen molar-refractivity contribution in [2.45, 2.75) is 13.3 Å². The SMILES string of the molecule is CCc1[nH]c2cccc(C#Cc3cnn(C)c3)c2c1-c1ccccc1.CNC(=O)c1nccnc1N. The number of H-pyrrole nitrogens is 1. The molecule has 3 heterocycles. The molecule has 0 bridgehead atoms. The van der Waals surface area contributed by atoms with E-state index in [9.17, 15) is 4.79 Å². The first-order valence-corrected chi connectivity index (χ1v) is 11.5. The van der Waals surface area contributed by atoms with Crippen LogP contribution in [0.1, 0.15) is 34.2 Å². The van der Waals surface area contributed by atoms with E-state index in [0.717, 1.165) is 23.1 Å². The quantitative estimate of drug-likeness (QED) is 0.341. The molecule has 0 spiro atoms. The van der Waals surface area contributed by atoms with E-state index in [-0.39, 0.29) is 17.4 Å². The molecule has 0 saturated heterocycles. The highest BCUT2D eigenvalue weighted by atomic mass is 16.1. The Labute approximate surface area is 209 Å². The second-order valence-electron chi connectivity index (χ2n) is 7.95. The second-order valence-corrected chi connectivity index (χ2v) is 7.95. The molecule has 0 aliphatic rings. The van der Waals surface area contributed by atoms with Gasteiger partial charge in [-0.25, -0.2) is 9.97 Å². The van der Waals surface area contributed by atoms with Crippen LogP contribution in [0.5, 0.6) is 0 Å². The number of anilines is 1. The minimum absolute atomic E-state index is 0.145. The van der Waals surface area contributed by atoms with Crippen LogP contribution in [0.3, 0.4) is 0 Å². The van der Waals surface area contributed by atoms with Gasteiger partial charge in [0.15, 0.2) is 11.5 Å². The molecule has 180 valence electrons. The van der Waals surface area contributed by atoms with E-state index in [1.165, 1.54) is 41.6 Å². The standard InChI is InChI=1S/C22H19N3.C6H8N4O/c1-3-19-21(17-8-5-4-6-9-17)22-18(10-7-11-20(22)24-19)13-12-16-14-23-25(2)15-16;1-8-6(11)4-5(7)10-3-2-9-4/h4-11,14-15,24H,3H2,1-2H3;2-3H,1H3,(H2,7,10)(H,8,11). The number of amides is 1. The molecular formula is C28H27N7O. The zero-order valence-corrected chi connectivity index (χ0v) is 20.4. The van der Waals surface area contributed by atoms with Gasteiger partial charge in [-0.1, -0.05) is 55.2 Å². The summed E-state index contributed by atoms with van der Waals surface area (Å²) in [6, 6.07) is 16.8. The van der Waals surface area contributed by atoms with E-state index >= 15 is 0 Å². The van der Waals surface area contributed by atoms with Gasteiger partial charge in [-0.05, 0) is 24.1 Å². The summed E-state index contributed by atoms with van der Waals surface area (Å²) in [6.07, 6.45) is 7.52. The summed E-state index contributed by atoms with van der Waals surface area (Å²) in [7, 11) is 3.41. The molecule has 2 aromatic carbocycles. The van der Waals surface area contributed by atoms with Crippen LogP contribution in [0, 0.1) is 11.8 Å². The van der Waals surface area contributed by atoms with Crippen LogP contribution in [-0.2, 0) is 13.5 Å². The number of hydrogen-bond donors (Lipinski definition) is 3. The molecule has 0 radical (unpaired) electrons. The van der Waals surface area contributed by atoms with Gasteiger partial charge in [0.1, 0.15) is 0 Å². The van der Waals surface area contributed by atoms with Gasteiger partial charge in [-0.2, -0.15) is 5.10 Å². The summed E-state index contributed by atoms with van der Waals surface area (Å²) in [6.45, 7) is 2.18. The number of aromatic amines is 1. The molecule has 0 atom stereocenters. The molecule has 4 N–H and O–H groups in total. The lowest BCUT2D eigenvalue weighted by atomic mass is 9.98. The van der Waals surface area contributed by atoms with Crippen molar-refractivity contribution in [2.75, 3.05) is 12.8 Å². The van der Waals surface area contributed by atoms with Crippen molar-refractivity contribution in [3.63, 3.8) is 0 Å². The minimum atomic E-state index is -0.324. The Bertz CT molecular complexity index is 1560. The molecule has 0 saturated carbocycles. The molecule has 8 nitrogen and oxygen atoms in total. The first-order valence-electron chi connectivity index (χ1n) is 11.5. The lowest BCUT2D eigenvalue weighted by Gasteiger charge is -2.04. The molecule has 3 aromatic heterocycles. The maximum atomic E-state index is 10.9. The molecule has 0 aliphatic heterocycles. The van der Waals surface area contributed by atoms with Gasteiger partial charge in [0, 0.05) is 60.4 Å². The first kappa shape index (κ1) is 24.2. The van der Waals surface area contributed by atoms with Gasteiger partial charge in [0.05, 0.1) is 11.8 Å². The molecule has 5 rings (SSSR count). The normalized spacial score (nSPS) is 10.2. The number of fused-ring (bicyclic) bond motifs is 1. The number of nitrogens with zero attached hydrogens (tertiary/aromatic N) is 4. The highest BCUT2D eigenvalue weighted by Gasteiger charge is 2.14. The van der Waals surface area contributed by atoms with Crippen molar-refractivity contribution >= 4 is 22.6 Å². The third-order valence-corrected chi connectivity index (χ3v) is 5.53. The Morgan fingerprint density at radius 1 is 1.08 bits per heavy atom. The van der Waals surface area contributed by atoms with Gasteiger partial charge in [-0.3, -0.25) is 9.48 Å². The predicted molar refractivity (Wildman–Crippen MR) is 142 cm³/mol. The zero-order valence-electron chi connectivity index (χ0n) is 20.4. The summed E-state index contributed by atoms with van der Waals surface area (Å²) in [4.78, 5) is 22.0. The van der Waals surface area contributed by atoms with Crippen molar-refractivity contribution < 1.29 is 4.79 Å². The van der Waals surface area contributed by atoms with E-state index in [2.05, 4.69) is 86.6 Å². The fourth-order valence-electron chi connectivity index (χ4n) is 3.86. The molecule has 8 heteroatoms. The van der Waals surface area contributed by atoms with E-state index < -0.39 is 0 Å². The lowest BCUT2D eigenvalue weighted by molar-refractivity contribution is 0.0959. The van der Waals surface area contributed by atoms with Crippen LogP contribution in [-0.4, -0.2) is 37.7 Å². The summed E-state index contributed by atoms with van der Waals surface area (Å²) in [5.74, 6) is 6.40. The highest BCUT2D eigenvalue weighted by molar-refractivity contribution is 6.01. The fraction of sp³-hybridized carbons (Fsp3) is 0.143. The van der Waals surface area contributed by atoms with E-state index in [1.807, 2.05) is 19.3 Å². The fourth-order valence-corrected chi connectivity index (χ4v) is 3.86. The molecule has 5 aromatic rings. The van der Waals surface area contributed by atoms with Crippen molar-refractivity contribution in [1.82, 2.24) is 30.0 Å². The Morgan fingerprint density at radius 3 is 2.53 bits per heavy atom. The molecule has 36 heavy (non-hydrogen) atoms. The topological polar surface area (TPSA) is 115 Å². The third kappa shape index (κ3) is 5.26. The summed E-state index contributed by atoms with van der Waals surface area (Å²) in [5, 5.41) is 7.78.